The Hall–Kier alpha value is -1.46. The highest BCUT2D eigenvalue weighted by molar-refractivity contribution is 9.10. The lowest BCUT2D eigenvalue weighted by molar-refractivity contribution is 0.350. The van der Waals surface area contributed by atoms with Crippen molar-refractivity contribution in [3.05, 3.63) is 46.3 Å². The summed E-state index contributed by atoms with van der Waals surface area (Å²) in [4.78, 5) is 0. The van der Waals surface area contributed by atoms with Crippen molar-refractivity contribution in [3.8, 4) is 11.5 Å². The average Bonchev–Trinajstić information content (AvgIpc) is 2.93. The summed E-state index contributed by atoms with van der Waals surface area (Å²) in [5, 5.41) is 3.31. The fourth-order valence-corrected chi connectivity index (χ4v) is 2.31. The third-order valence-electron chi connectivity index (χ3n) is 2.77. The number of hydrogen-bond donors (Lipinski definition) is 1. The van der Waals surface area contributed by atoms with Crippen molar-refractivity contribution in [3.63, 3.8) is 0 Å². The van der Waals surface area contributed by atoms with E-state index in [1.807, 2.05) is 24.3 Å². The number of methoxy groups -OCH3 is 2. The Morgan fingerprint density at radius 3 is 2.63 bits per heavy atom. The van der Waals surface area contributed by atoms with Crippen LogP contribution in [0, 0.1) is 0 Å². The van der Waals surface area contributed by atoms with Gasteiger partial charge in [-0.2, -0.15) is 0 Å². The maximum atomic E-state index is 5.42. The Bertz CT molecular complexity index is 526. The maximum Gasteiger partial charge on any atom is 0.166 e. The second kappa shape index (κ2) is 6.63. The van der Waals surface area contributed by atoms with Gasteiger partial charge < -0.3 is 19.2 Å². The first-order valence-corrected chi connectivity index (χ1v) is 6.68. The van der Waals surface area contributed by atoms with Crippen LogP contribution in [0.1, 0.15) is 11.3 Å². The molecule has 2 rings (SSSR count). The molecule has 0 aliphatic heterocycles. The van der Waals surface area contributed by atoms with E-state index in [1.165, 1.54) is 0 Å². The van der Waals surface area contributed by atoms with Gasteiger partial charge in [0.05, 0.1) is 27.0 Å². The molecule has 0 unspecified atom stereocenters. The minimum Gasteiger partial charge on any atom is -0.493 e. The summed E-state index contributed by atoms with van der Waals surface area (Å²) >= 11 is 3.53. The van der Waals surface area contributed by atoms with Crippen molar-refractivity contribution in [2.24, 2.45) is 0 Å². The zero-order valence-electron chi connectivity index (χ0n) is 10.9. The van der Waals surface area contributed by atoms with Crippen molar-refractivity contribution in [2.45, 2.75) is 13.1 Å². The van der Waals surface area contributed by atoms with Crippen LogP contribution in [0.15, 0.2) is 39.4 Å². The second-order valence-electron chi connectivity index (χ2n) is 3.94. The zero-order valence-corrected chi connectivity index (χ0v) is 12.5. The van der Waals surface area contributed by atoms with Crippen LogP contribution in [-0.4, -0.2) is 14.2 Å². The van der Waals surface area contributed by atoms with Crippen LogP contribution in [0.4, 0.5) is 0 Å². The second-order valence-corrected chi connectivity index (χ2v) is 4.80. The number of rotatable bonds is 6. The lowest BCUT2D eigenvalue weighted by Crippen LogP contribution is -2.13. The SMILES string of the molecule is COc1ccc(Br)c(CNCc2ccco2)c1OC. The Morgan fingerprint density at radius 1 is 1.16 bits per heavy atom. The number of halogens is 1. The Labute approximate surface area is 120 Å². The summed E-state index contributed by atoms with van der Waals surface area (Å²) in [5.74, 6) is 2.36. The van der Waals surface area contributed by atoms with Crippen LogP contribution in [0.2, 0.25) is 0 Å². The molecule has 0 radical (unpaired) electrons. The summed E-state index contributed by atoms with van der Waals surface area (Å²) in [7, 11) is 3.27. The van der Waals surface area contributed by atoms with Gasteiger partial charge in [-0.05, 0) is 24.3 Å². The zero-order chi connectivity index (χ0) is 13.7. The number of benzene rings is 1. The Kier molecular flexibility index (Phi) is 4.87. The van der Waals surface area contributed by atoms with E-state index < -0.39 is 0 Å². The maximum absolute atomic E-state index is 5.42. The predicted octanol–water partition coefficient (Wildman–Crippen LogP) is 3.35. The quantitative estimate of drug-likeness (QED) is 0.884. The molecular weight excluding hydrogens is 310 g/mol. The molecule has 0 saturated carbocycles. The van der Waals surface area contributed by atoms with Crippen molar-refractivity contribution < 1.29 is 13.9 Å². The molecule has 1 aromatic heterocycles. The first-order chi connectivity index (χ1) is 9.26. The number of furan rings is 1. The van der Waals surface area contributed by atoms with Crippen molar-refractivity contribution in [2.75, 3.05) is 14.2 Å². The van der Waals surface area contributed by atoms with Gasteiger partial charge in [-0.25, -0.2) is 0 Å². The molecule has 0 atom stereocenters. The van der Waals surface area contributed by atoms with Gasteiger partial charge in [0.2, 0.25) is 0 Å². The predicted molar refractivity (Wildman–Crippen MR) is 76.5 cm³/mol. The van der Waals surface area contributed by atoms with E-state index in [4.69, 9.17) is 13.9 Å². The lowest BCUT2D eigenvalue weighted by atomic mass is 10.2. The summed E-state index contributed by atoms with van der Waals surface area (Å²) < 4.78 is 17.0. The molecule has 4 nitrogen and oxygen atoms in total. The fourth-order valence-electron chi connectivity index (χ4n) is 1.86. The molecule has 0 amide bonds. The van der Waals surface area contributed by atoms with E-state index in [9.17, 15) is 0 Å². The minimum absolute atomic E-state index is 0.654. The molecule has 5 heteroatoms. The van der Waals surface area contributed by atoms with Crippen LogP contribution in [0.25, 0.3) is 0 Å². The molecule has 19 heavy (non-hydrogen) atoms. The molecule has 0 fully saturated rings. The van der Waals surface area contributed by atoms with E-state index in [0.29, 0.717) is 13.1 Å². The lowest BCUT2D eigenvalue weighted by Gasteiger charge is -2.14. The molecular formula is C14H16BrNO3. The topological polar surface area (TPSA) is 43.6 Å². The standard InChI is InChI=1S/C14H16BrNO3/c1-17-13-6-5-12(15)11(14(13)18-2)9-16-8-10-4-3-7-19-10/h3-7,16H,8-9H2,1-2H3. The van der Waals surface area contributed by atoms with Crippen LogP contribution >= 0.6 is 15.9 Å². The minimum atomic E-state index is 0.654. The fraction of sp³-hybridized carbons (Fsp3) is 0.286. The van der Waals surface area contributed by atoms with Gasteiger partial charge in [-0.1, -0.05) is 15.9 Å². The van der Waals surface area contributed by atoms with E-state index in [0.717, 1.165) is 27.3 Å². The highest BCUT2D eigenvalue weighted by atomic mass is 79.9. The van der Waals surface area contributed by atoms with Gasteiger partial charge in [0, 0.05) is 16.6 Å². The molecule has 0 aliphatic carbocycles. The molecule has 0 spiro atoms. The van der Waals surface area contributed by atoms with Crippen molar-refractivity contribution in [1.82, 2.24) is 5.32 Å². The molecule has 1 aromatic carbocycles. The van der Waals surface area contributed by atoms with E-state index in [2.05, 4.69) is 21.2 Å². The van der Waals surface area contributed by atoms with Crippen LogP contribution in [0.3, 0.4) is 0 Å². The largest absolute Gasteiger partial charge is 0.493 e. The first-order valence-electron chi connectivity index (χ1n) is 5.88. The van der Waals surface area contributed by atoms with Gasteiger partial charge in [-0.3, -0.25) is 0 Å². The number of ether oxygens (including phenoxy) is 2. The summed E-state index contributed by atoms with van der Waals surface area (Å²) in [5.41, 5.74) is 1.02. The highest BCUT2D eigenvalue weighted by Crippen LogP contribution is 2.35. The molecule has 102 valence electrons. The molecule has 1 N–H and O–H groups in total. The van der Waals surface area contributed by atoms with E-state index in [1.54, 1.807) is 20.5 Å². The third kappa shape index (κ3) is 3.30. The van der Waals surface area contributed by atoms with Crippen LogP contribution < -0.4 is 14.8 Å². The van der Waals surface area contributed by atoms with Crippen molar-refractivity contribution >= 4 is 15.9 Å². The highest BCUT2D eigenvalue weighted by Gasteiger charge is 2.13. The first kappa shape index (κ1) is 14.0. The van der Waals surface area contributed by atoms with Crippen molar-refractivity contribution in [1.29, 1.82) is 0 Å². The monoisotopic (exact) mass is 325 g/mol. The number of hydrogen-bond acceptors (Lipinski definition) is 4. The smallest absolute Gasteiger partial charge is 0.166 e. The summed E-state index contributed by atoms with van der Waals surface area (Å²) in [6, 6.07) is 7.63. The van der Waals surface area contributed by atoms with Gasteiger partial charge >= 0.3 is 0 Å². The molecule has 2 aromatic rings. The van der Waals surface area contributed by atoms with Gasteiger partial charge in [-0.15, -0.1) is 0 Å². The van der Waals surface area contributed by atoms with Gasteiger partial charge in [0.15, 0.2) is 11.5 Å². The van der Waals surface area contributed by atoms with E-state index >= 15 is 0 Å². The normalized spacial score (nSPS) is 10.5. The van der Waals surface area contributed by atoms with Gasteiger partial charge in [0.25, 0.3) is 0 Å². The van der Waals surface area contributed by atoms with Crippen LogP contribution in [-0.2, 0) is 13.1 Å². The molecule has 0 saturated heterocycles. The van der Waals surface area contributed by atoms with E-state index in [-0.39, 0.29) is 0 Å². The molecule has 1 heterocycles. The summed E-state index contributed by atoms with van der Waals surface area (Å²) in [6.07, 6.45) is 1.67. The Morgan fingerprint density at radius 2 is 2.00 bits per heavy atom. The Balaban J connectivity index is 2.10. The van der Waals surface area contributed by atoms with Gasteiger partial charge in [0.1, 0.15) is 5.76 Å². The molecule has 0 bridgehead atoms. The average molecular weight is 326 g/mol. The summed E-state index contributed by atoms with van der Waals surface area (Å²) in [6.45, 7) is 1.32. The number of nitrogens with one attached hydrogen (secondary N) is 1. The van der Waals surface area contributed by atoms with Crippen LogP contribution in [0.5, 0.6) is 11.5 Å². The molecule has 0 aliphatic rings. The third-order valence-corrected chi connectivity index (χ3v) is 3.52.